The molecule has 2 bridgehead atoms. The number of amides is 1. The molecule has 5 aromatic rings. The van der Waals surface area contributed by atoms with Gasteiger partial charge < -0.3 is 15.0 Å². The van der Waals surface area contributed by atoms with Crippen molar-refractivity contribution in [3.05, 3.63) is 85.2 Å². The van der Waals surface area contributed by atoms with Crippen LogP contribution in [-0.4, -0.2) is 52.1 Å². The van der Waals surface area contributed by atoms with E-state index in [4.69, 9.17) is 4.74 Å². The van der Waals surface area contributed by atoms with Gasteiger partial charge >= 0.3 is 0 Å². The second-order valence-electron chi connectivity index (χ2n) is 10.3. The number of benzene rings is 1. The van der Waals surface area contributed by atoms with E-state index in [1.54, 1.807) is 10.8 Å². The van der Waals surface area contributed by atoms with Crippen LogP contribution in [0.25, 0.3) is 11.2 Å². The number of piperidine rings is 1. The number of aryl methyl sites for hydroxylation is 1. The summed E-state index contributed by atoms with van der Waals surface area (Å²) in [6.07, 6.45) is 12.3. The topological polar surface area (TPSA) is 102 Å². The molecule has 3 atom stereocenters. The zero-order valence-corrected chi connectivity index (χ0v) is 21.6. The zero-order chi connectivity index (χ0) is 26.5. The lowest BCUT2D eigenvalue weighted by molar-refractivity contribution is -0.130. The van der Waals surface area contributed by atoms with Crippen LogP contribution in [0, 0.1) is 6.92 Å². The normalized spacial score (nSPS) is 20.4. The lowest BCUT2D eigenvalue weighted by Gasteiger charge is -2.38. The molecule has 0 saturated carbocycles. The highest BCUT2D eigenvalue weighted by molar-refractivity contribution is 5.88. The van der Waals surface area contributed by atoms with Crippen LogP contribution in [0.5, 0.6) is 11.5 Å². The average Bonchev–Trinajstić information content (AvgIpc) is 3.66. The molecule has 1 N–H and O–H groups in total. The maximum Gasteiger partial charge on any atom is 0.246 e. The SMILES string of the molecule is C=CC(=O)N1[C@@H]2CC[C@H]1C[C@@H](c1ccn3ncnc(Nc4ccc(Oc5ccn6ncnc6c5)c(C)c4)c13)C2. The Kier molecular flexibility index (Phi) is 5.54. The summed E-state index contributed by atoms with van der Waals surface area (Å²) in [5.41, 5.74) is 4.82. The number of carbonyl (C=O) groups excluding carboxylic acids is 1. The summed E-state index contributed by atoms with van der Waals surface area (Å²) >= 11 is 0. The Labute approximate surface area is 224 Å². The van der Waals surface area contributed by atoms with Crippen molar-refractivity contribution in [1.29, 1.82) is 0 Å². The molecule has 0 aliphatic carbocycles. The number of aromatic nitrogens is 6. The number of carbonyl (C=O) groups is 1. The maximum absolute atomic E-state index is 12.4. The van der Waals surface area contributed by atoms with Crippen LogP contribution in [-0.2, 0) is 4.79 Å². The third-order valence-electron chi connectivity index (χ3n) is 8.00. The molecule has 2 aliphatic heterocycles. The Balaban J connectivity index is 1.14. The first-order valence-corrected chi connectivity index (χ1v) is 13.2. The summed E-state index contributed by atoms with van der Waals surface area (Å²) in [5.74, 6) is 2.61. The molecule has 10 heteroatoms. The zero-order valence-electron chi connectivity index (χ0n) is 21.6. The molecule has 196 valence electrons. The van der Waals surface area contributed by atoms with Crippen molar-refractivity contribution in [2.45, 2.75) is 50.6 Å². The minimum Gasteiger partial charge on any atom is -0.457 e. The van der Waals surface area contributed by atoms with Gasteiger partial charge in [0.25, 0.3) is 0 Å². The first-order chi connectivity index (χ1) is 19.1. The third-order valence-corrected chi connectivity index (χ3v) is 8.00. The van der Waals surface area contributed by atoms with E-state index in [1.807, 2.05) is 59.1 Å². The number of rotatable bonds is 6. The van der Waals surface area contributed by atoms with Crippen LogP contribution in [0.4, 0.5) is 11.5 Å². The number of ether oxygens (including phenoxy) is 1. The molecule has 1 amide bonds. The fourth-order valence-corrected chi connectivity index (χ4v) is 6.26. The molecule has 2 saturated heterocycles. The fourth-order valence-electron chi connectivity index (χ4n) is 6.26. The van der Waals surface area contributed by atoms with E-state index in [0.29, 0.717) is 11.7 Å². The van der Waals surface area contributed by atoms with Crippen LogP contribution < -0.4 is 10.1 Å². The molecule has 0 unspecified atom stereocenters. The van der Waals surface area contributed by atoms with Gasteiger partial charge in [-0.15, -0.1) is 0 Å². The largest absolute Gasteiger partial charge is 0.457 e. The van der Waals surface area contributed by atoms with Gasteiger partial charge in [-0.3, -0.25) is 4.79 Å². The Morgan fingerprint density at radius 1 is 1.03 bits per heavy atom. The monoisotopic (exact) mass is 520 g/mol. The predicted molar refractivity (Wildman–Crippen MR) is 146 cm³/mol. The molecule has 2 fully saturated rings. The predicted octanol–water partition coefficient (Wildman–Crippen LogP) is 5.04. The van der Waals surface area contributed by atoms with Crippen LogP contribution in [0.2, 0.25) is 0 Å². The molecule has 4 aromatic heterocycles. The van der Waals surface area contributed by atoms with Gasteiger partial charge in [0.2, 0.25) is 5.91 Å². The quantitative estimate of drug-likeness (QED) is 0.313. The fraction of sp³-hybridized carbons (Fsp3) is 0.276. The smallest absolute Gasteiger partial charge is 0.246 e. The van der Waals surface area contributed by atoms with Crippen molar-refractivity contribution < 1.29 is 9.53 Å². The Hall–Kier alpha value is -4.73. The van der Waals surface area contributed by atoms with Gasteiger partial charge in [-0.25, -0.2) is 19.0 Å². The van der Waals surface area contributed by atoms with E-state index < -0.39 is 0 Å². The van der Waals surface area contributed by atoms with E-state index in [2.05, 4.69) is 38.1 Å². The summed E-state index contributed by atoms with van der Waals surface area (Å²) in [4.78, 5) is 23.3. The molecule has 2 aliphatic rings. The Bertz CT molecular complexity index is 1710. The summed E-state index contributed by atoms with van der Waals surface area (Å²) < 4.78 is 9.72. The number of anilines is 2. The lowest BCUT2D eigenvalue weighted by Crippen LogP contribution is -2.45. The molecule has 6 heterocycles. The highest BCUT2D eigenvalue weighted by Crippen LogP contribution is 2.45. The highest BCUT2D eigenvalue weighted by Gasteiger charge is 2.43. The molecule has 10 nitrogen and oxygen atoms in total. The summed E-state index contributed by atoms with van der Waals surface area (Å²) in [7, 11) is 0. The van der Waals surface area contributed by atoms with Crippen molar-refractivity contribution in [2.24, 2.45) is 0 Å². The maximum atomic E-state index is 12.4. The van der Waals surface area contributed by atoms with Crippen LogP contribution >= 0.6 is 0 Å². The summed E-state index contributed by atoms with van der Waals surface area (Å²) in [6, 6.07) is 12.4. The van der Waals surface area contributed by atoms with E-state index in [9.17, 15) is 4.79 Å². The molecule has 39 heavy (non-hydrogen) atoms. The van der Waals surface area contributed by atoms with Gasteiger partial charge in [-0.2, -0.15) is 10.2 Å². The number of nitrogens with zero attached hydrogens (tertiary/aromatic N) is 7. The van der Waals surface area contributed by atoms with E-state index in [-0.39, 0.29) is 18.0 Å². The van der Waals surface area contributed by atoms with Crippen molar-refractivity contribution in [2.75, 3.05) is 5.32 Å². The number of pyridine rings is 1. The molecule has 1 aromatic carbocycles. The van der Waals surface area contributed by atoms with Gasteiger partial charge in [0.15, 0.2) is 11.5 Å². The van der Waals surface area contributed by atoms with E-state index in [1.165, 1.54) is 18.0 Å². The highest BCUT2D eigenvalue weighted by atomic mass is 16.5. The van der Waals surface area contributed by atoms with E-state index >= 15 is 0 Å². The van der Waals surface area contributed by atoms with E-state index in [0.717, 1.165) is 59.7 Å². The molecule has 7 rings (SSSR count). The molecular formula is C29H28N8O2. The summed E-state index contributed by atoms with van der Waals surface area (Å²) in [6.45, 7) is 5.72. The van der Waals surface area contributed by atoms with Gasteiger partial charge in [-0.1, -0.05) is 6.58 Å². The standard InChI is InChI=1S/C29H28N8O2/c1-3-27(38)37-21-5-6-22(37)14-19(13-21)24-9-11-36-28(24)29(31-17-33-36)34-20-4-7-25(18(2)12-20)39-23-8-10-35-26(15-23)30-16-32-35/h3-4,7-12,15-17,19,21-22H,1,5-6,13-14H2,2H3,(H,31,33,34)/t19-,21+,22-. The third kappa shape index (κ3) is 4.08. The van der Waals surface area contributed by atoms with Crippen molar-refractivity contribution in [3.63, 3.8) is 0 Å². The lowest BCUT2D eigenvalue weighted by atomic mass is 9.85. The average molecular weight is 521 g/mol. The molecular weight excluding hydrogens is 492 g/mol. The second kappa shape index (κ2) is 9.23. The number of hydrogen-bond acceptors (Lipinski definition) is 7. The first kappa shape index (κ1) is 23.4. The second-order valence-corrected chi connectivity index (χ2v) is 10.3. The number of hydrogen-bond donors (Lipinski definition) is 1. The molecule has 0 spiro atoms. The van der Waals surface area contributed by atoms with Gasteiger partial charge in [0.1, 0.15) is 29.7 Å². The van der Waals surface area contributed by atoms with Gasteiger partial charge in [0, 0.05) is 36.2 Å². The number of fused-ring (bicyclic) bond motifs is 4. The summed E-state index contributed by atoms with van der Waals surface area (Å²) in [5, 5.41) is 12.1. The minimum atomic E-state index is 0.0512. The minimum absolute atomic E-state index is 0.0512. The Morgan fingerprint density at radius 3 is 2.59 bits per heavy atom. The number of nitrogens with one attached hydrogen (secondary N) is 1. The van der Waals surface area contributed by atoms with Crippen LogP contribution in [0.1, 0.15) is 42.7 Å². The first-order valence-electron chi connectivity index (χ1n) is 13.2. The molecule has 0 radical (unpaired) electrons. The van der Waals surface area contributed by atoms with Gasteiger partial charge in [-0.05, 0) is 86.1 Å². The van der Waals surface area contributed by atoms with Crippen molar-refractivity contribution in [1.82, 2.24) is 34.1 Å². The van der Waals surface area contributed by atoms with Crippen LogP contribution in [0.3, 0.4) is 0 Å². The van der Waals surface area contributed by atoms with Crippen molar-refractivity contribution >= 4 is 28.6 Å². The van der Waals surface area contributed by atoms with Gasteiger partial charge in [0.05, 0.1) is 0 Å². The Morgan fingerprint density at radius 2 is 1.79 bits per heavy atom. The van der Waals surface area contributed by atoms with Crippen LogP contribution in [0.15, 0.2) is 74.1 Å². The van der Waals surface area contributed by atoms with Crippen molar-refractivity contribution in [3.8, 4) is 11.5 Å².